The molecule has 2 heterocycles. The van der Waals surface area contributed by atoms with E-state index in [2.05, 4.69) is 28.6 Å². The first-order valence-corrected chi connectivity index (χ1v) is 6.21. The highest BCUT2D eigenvalue weighted by Gasteiger charge is 2.13. The summed E-state index contributed by atoms with van der Waals surface area (Å²) in [6, 6.07) is 9.96. The molecule has 0 saturated carbocycles. The van der Waals surface area contributed by atoms with Crippen molar-refractivity contribution in [2.75, 3.05) is 7.11 Å². The quantitative estimate of drug-likeness (QED) is 0.660. The van der Waals surface area contributed by atoms with E-state index in [-0.39, 0.29) is 0 Å². The third-order valence-electron chi connectivity index (χ3n) is 3.37. The van der Waals surface area contributed by atoms with Crippen LogP contribution in [0, 0.1) is 0 Å². The molecule has 0 aliphatic rings. The fourth-order valence-corrected chi connectivity index (χ4v) is 2.50. The van der Waals surface area contributed by atoms with E-state index in [1.807, 2.05) is 12.1 Å². The summed E-state index contributed by atoms with van der Waals surface area (Å²) in [5.41, 5.74) is 2.54. The summed E-state index contributed by atoms with van der Waals surface area (Å²) in [4.78, 5) is 15.8. The highest BCUT2D eigenvalue weighted by molar-refractivity contribution is 6.09. The van der Waals surface area contributed by atoms with Gasteiger partial charge in [0.05, 0.1) is 18.8 Å². The fraction of sp³-hybridized carbons (Fsp3) is 0.200. The molecule has 0 aliphatic carbocycles. The van der Waals surface area contributed by atoms with Crippen LogP contribution < -0.4 is 0 Å². The average Bonchev–Trinajstić information content (AvgIpc) is 2.79. The minimum atomic E-state index is -0.407. The van der Waals surface area contributed by atoms with Crippen molar-refractivity contribution in [3.8, 4) is 0 Å². The summed E-state index contributed by atoms with van der Waals surface area (Å²) in [5, 5.41) is 2.17. The second-order valence-electron chi connectivity index (χ2n) is 4.34. The van der Waals surface area contributed by atoms with Crippen LogP contribution >= 0.6 is 0 Å². The highest BCUT2D eigenvalue weighted by atomic mass is 16.5. The van der Waals surface area contributed by atoms with Gasteiger partial charge in [-0.05, 0) is 19.1 Å². The summed E-state index contributed by atoms with van der Waals surface area (Å²) in [6.07, 6.45) is 1.74. The number of para-hydroxylation sites is 1. The number of carbonyl (C=O) groups excluding carboxylic acids is 1. The van der Waals surface area contributed by atoms with Crippen LogP contribution in [0.5, 0.6) is 0 Å². The van der Waals surface area contributed by atoms with Crippen molar-refractivity contribution in [3.05, 3.63) is 42.2 Å². The lowest BCUT2D eigenvalue weighted by Gasteiger charge is -2.02. The Balaban J connectivity index is 2.39. The third-order valence-corrected chi connectivity index (χ3v) is 3.37. The van der Waals surface area contributed by atoms with Crippen LogP contribution in [0.15, 0.2) is 36.5 Å². The molecule has 0 amide bonds. The van der Waals surface area contributed by atoms with Crippen molar-refractivity contribution in [2.45, 2.75) is 13.5 Å². The number of nitrogens with zero attached hydrogens (tertiary/aromatic N) is 2. The molecule has 0 bridgehead atoms. The van der Waals surface area contributed by atoms with Crippen LogP contribution in [0.25, 0.3) is 21.8 Å². The molecule has 1 aromatic carbocycles. The molecule has 4 nitrogen and oxygen atoms in total. The highest BCUT2D eigenvalue weighted by Crippen LogP contribution is 2.28. The van der Waals surface area contributed by atoms with E-state index in [4.69, 9.17) is 4.74 Å². The zero-order chi connectivity index (χ0) is 13.4. The Labute approximate surface area is 110 Å². The Morgan fingerprint density at radius 3 is 2.79 bits per heavy atom. The molecule has 19 heavy (non-hydrogen) atoms. The Morgan fingerprint density at radius 2 is 2.05 bits per heavy atom. The number of rotatable bonds is 2. The fourth-order valence-electron chi connectivity index (χ4n) is 2.50. The van der Waals surface area contributed by atoms with Gasteiger partial charge < -0.3 is 9.30 Å². The Hall–Kier alpha value is -2.36. The number of fused-ring (bicyclic) bond motifs is 3. The van der Waals surface area contributed by atoms with Gasteiger partial charge in [-0.1, -0.05) is 18.2 Å². The van der Waals surface area contributed by atoms with E-state index < -0.39 is 5.97 Å². The number of ether oxygens (including phenoxy) is 1. The maximum absolute atomic E-state index is 11.6. The molecular formula is C15H14N2O2. The monoisotopic (exact) mass is 254 g/mol. The minimum Gasteiger partial charge on any atom is -0.464 e. The first-order chi connectivity index (χ1) is 9.26. The van der Waals surface area contributed by atoms with Crippen molar-refractivity contribution >= 4 is 27.8 Å². The molecule has 0 N–H and O–H groups in total. The van der Waals surface area contributed by atoms with Crippen molar-refractivity contribution in [1.29, 1.82) is 0 Å². The molecule has 0 radical (unpaired) electrons. The first kappa shape index (κ1) is 11.7. The van der Waals surface area contributed by atoms with Crippen molar-refractivity contribution in [3.63, 3.8) is 0 Å². The van der Waals surface area contributed by atoms with Gasteiger partial charge in [-0.2, -0.15) is 0 Å². The smallest absolute Gasteiger partial charge is 0.356 e. The van der Waals surface area contributed by atoms with Crippen molar-refractivity contribution < 1.29 is 9.53 Å². The van der Waals surface area contributed by atoms with Crippen LogP contribution in [0.4, 0.5) is 0 Å². The number of hydrogen-bond acceptors (Lipinski definition) is 3. The summed E-state index contributed by atoms with van der Waals surface area (Å²) < 4.78 is 6.92. The van der Waals surface area contributed by atoms with Gasteiger partial charge in [0.1, 0.15) is 5.69 Å². The lowest BCUT2D eigenvalue weighted by molar-refractivity contribution is 0.0594. The van der Waals surface area contributed by atoms with Gasteiger partial charge in [-0.25, -0.2) is 9.78 Å². The van der Waals surface area contributed by atoms with Crippen molar-refractivity contribution in [1.82, 2.24) is 9.55 Å². The minimum absolute atomic E-state index is 0.342. The van der Waals surface area contributed by atoms with Gasteiger partial charge in [-0.3, -0.25) is 0 Å². The van der Waals surface area contributed by atoms with Crippen LogP contribution in [-0.4, -0.2) is 22.6 Å². The lowest BCUT2D eigenvalue weighted by Crippen LogP contribution is -2.04. The summed E-state index contributed by atoms with van der Waals surface area (Å²) in [5.74, 6) is -0.407. The number of carbonyl (C=O) groups is 1. The Kier molecular flexibility index (Phi) is 2.71. The van der Waals surface area contributed by atoms with Crippen LogP contribution in [-0.2, 0) is 11.3 Å². The second kappa shape index (κ2) is 4.39. The summed E-state index contributed by atoms with van der Waals surface area (Å²) in [7, 11) is 1.36. The standard InChI is InChI=1S/C15H14N2O2/c1-3-17-13-7-5-4-6-10(13)11-8-12(15(18)19-2)16-9-14(11)17/h4-9H,3H2,1-2H3. The van der Waals surface area contributed by atoms with Crippen LogP contribution in [0.1, 0.15) is 17.4 Å². The number of aryl methyl sites for hydroxylation is 1. The number of hydrogen-bond donors (Lipinski definition) is 0. The molecule has 3 aromatic rings. The van der Waals surface area contributed by atoms with Crippen molar-refractivity contribution in [2.24, 2.45) is 0 Å². The number of benzene rings is 1. The molecule has 0 aliphatic heterocycles. The molecule has 96 valence electrons. The first-order valence-electron chi connectivity index (χ1n) is 6.21. The average molecular weight is 254 g/mol. The summed E-state index contributed by atoms with van der Waals surface area (Å²) in [6.45, 7) is 2.96. The Bertz CT molecular complexity index is 774. The van der Waals surface area contributed by atoms with Crippen LogP contribution in [0.2, 0.25) is 0 Å². The molecule has 0 unspecified atom stereocenters. The molecule has 2 aromatic heterocycles. The molecular weight excluding hydrogens is 240 g/mol. The maximum atomic E-state index is 11.6. The SMILES string of the molecule is CCn1c2ccccc2c2cc(C(=O)OC)ncc21. The van der Waals surface area contributed by atoms with E-state index in [9.17, 15) is 4.79 Å². The third kappa shape index (κ3) is 1.68. The number of pyridine rings is 1. The predicted octanol–water partition coefficient (Wildman–Crippen LogP) is 3.00. The van der Waals surface area contributed by atoms with E-state index in [0.29, 0.717) is 5.69 Å². The van der Waals surface area contributed by atoms with Gasteiger partial charge in [0.25, 0.3) is 0 Å². The lowest BCUT2D eigenvalue weighted by atomic mass is 10.1. The number of esters is 1. The normalized spacial score (nSPS) is 11.1. The van der Waals surface area contributed by atoms with Gasteiger partial charge >= 0.3 is 5.97 Å². The van der Waals surface area contributed by atoms with Crippen LogP contribution in [0.3, 0.4) is 0 Å². The number of methoxy groups -OCH3 is 1. The Morgan fingerprint density at radius 1 is 1.26 bits per heavy atom. The van der Waals surface area contributed by atoms with E-state index in [1.54, 1.807) is 12.3 Å². The summed E-state index contributed by atoms with van der Waals surface area (Å²) >= 11 is 0. The van der Waals surface area contributed by atoms with E-state index in [0.717, 1.165) is 28.4 Å². The topological polar surface area (TPSA) is 44.1 Å². The molecule has 0 fully saturated rings. The van der Waals surface area contributed by atoms with E-state index in [1.165, 1.54) is 7.11 Å². The molecule has 4 heteroatoms. The second-order valence-corrected chi connectivity index (χ2v) is 4.34. The zero-order valence-electron chi connectivity index (χ0n) is 10.9. The van der Waals surface area contributed by atoms with Gasteiger partial charge in [0.15, 0.2) is 0 Å². The molecule has 0 atom stereocenters. The molecule has 3 rings (SSSR count). The largest absolute Gasteiger partial charge is 0.464 e. The molecule has 0 saturated heterocycles. The van der Waals surface area contributed by atoms with Gasteiger partial charge in [0, 0.05) is 22.8 Å². The maximum Gasteiger partial charge on any atom is 0.356 e. The predicted molar refractivity (Wildman–Crippen MR) is 74.3 cm³/mol. The number of aromatic nitrogens is 2. The van der Waals surface area contributed by atoms with Gasteiger partial charge in [-0.15, -0.1) is 0 Å². The zero-order valence-corrected chi connectivity index (χ0v) is 10.9. The van der Waals surface area contributed by atoms with E-state index >= 15 is 0 Å². The molecule has 0 spiro atoms. The van der Waals surface area contributed by atoms with Gasteiger partial charge in [0.2, 0.25) is 0 Å².